The van der Waals surface area contributed by atoms with E-state index in [4.69, 9.17) is 5.73 Å². The van der Waals surface area contributed by atoms with Gasteiger partial charge >= 0.3 is 0 Å². The molecule has 1 aromatic rings. The van der Waals surface area contributed by atoms with Gasteiger partial charge in [0.25, 0.3) is 0 Å². The monoisotopic (exact) mass is 208 g/mol. The minimum absolute atomic E-state index is 0.333. The van der Waals surface area contributed by atoms with Crippen LogP contribution in [0.4, 0.5) is 5.69 Å². The molecule has 84 valence electrons. The minimum Gasteiger partial charge on any atom is -0.392 e. The number of nitrogens with zero attached hydrogens (tertiary/aromatic N) is 1. The van der Waals surface area contributed by atoms with E-state index in [9.17, 15) is 5.11 Å². The molecule has 3 nitrogen and oxygen atoms in total. The maximum Gasteiger partial charge on any atom is 0.0686 e. The molecule has 0 aliphatic heterocycles. The van der Waals surface area contributed by atoms with Crippen molar-refractivity contribution in [1.29, 1.82) is 0 Å². The molecule has 0 radical (unpaired) electrons. The average molecular weight is 208 g/mol. The molecule has 0 heterocycles. The van der Waals surface area contributed by atoms with E-state index in [0.717, 1.165) is 11.3 Å². The van der Waals surface area contributed by atoms with Crippen LogP contribution in [-0.4, -0.2) is 24.8 Å². The summed E-state index contributed by atoms with van der Waals surface area (Å²) in [7, 11) is 1.98. The first-order valence-corrected chi connectivity index (χ1v) is 5.24. The Balaban J connectivity index is 3.00. The van der Waals surface area contributed by atoms with Crippen LogP contribution in [0.3, 0.4) is 0 Å². The van der Waals surface area contributed by atoms with E-state index >= 15 is 0 Å². The van der Waals surface area contributed by atoms with Gasteiger partial charge in [0, 0.05) is 25.8 Å². The number of nitrogens with two attached hydrogens (primary N) is 1. The first-order valence-electron chi connectivity index (χ1n) is 5.24. The lowest BCUT2D eigenvalue weighted by Gasteiger charge is -2.25. The smallest absolute Gasteiger partial charge is 0.0686 e. The molecule has 0 fully saturated rings. The molecular weight excluding hydrogens is 188 g/mol. The van der Waals surface area contributed by atoms with Crippen LogP contribution in [0.2, 0.25) is 0 Å². The van der Waals surface area contributed by atoms with Crippen LogP contribution in [0, 0.1) is 6.92 Å². The van der Waals surface area contributed by atoms with Crippen LogP contribution in [-0.2, 0) is 6.54 Å². The Bertz CT molecular complexity index is 323. The molecule has 1 atom stereocenters. The van der Waals surface area contributed by atoms with Gasteiger partial charge in [0.2, 0.25) is 0 Å². The van der Waals surface area contributed by atoms with Gasteiger partial charge in [0.1, 0.15) is 0 Å². The zero-order chi connectivity index (χ0) is 11.4. The number of rotatable bonds is 4. The Hall–Kier alpha value is -1.06. The van der Waals surface area contributed by atoms with Crippen molar-refractivity contribution >= 4 is 5.69 Å². The highest BCUT2D eigenvalue weighted by atomic mass is 16.3. The van der Waals surface area contributed by atoms with E-state index < -0.39 is 0 Å². The molecule has 1 aromatic carbocycles. The zero-order valence-electron chi connectivity index (χ0n) is 9.70. The van der Waals surface area contributed by atoms with Crippen LogP contribution < -0.4 is 10.6 Å². The van der Waals surface area contributed by atoms with Crippen LogP contribution >= 0.6 is 0 Å². The van der Waals surface area contributed by atoms with E-state index in [0.29, 0.717) is 13.1 Å². The van der Waals surface area contributed by atoms with Crippen LogP contribution in [0.5, 0.6) is 0 Å². The normalized spacial score (nSPS) is 12.6. The molecule has 15 heavy (non-hydrogen) atoms. The molecular formula is C12H20N2O. The van der Waals surface area contributed by atoms with Gasteiger partial charge in [-0.2, -0.15) is 0 Å². The molecule has 0 aliphatic carbocycles. The second-order valence-electron chi connectivity index (χ2n) is 4.02. The molecule has 0 amide bonds. The number of likely N-dealkylation sites (N-methyl/N-ethyl adjacent to an activating group) is 1. The van der Waals surface area contributed by atoms with Crippen molar-refractivity contribution in [3.8, 4) is 0 Å². The Labute approximate surface area is 91.5 Å². The second kappa shape index (κ2) is 5.14. The van der Waals surface area contributed by atoms with Gasteiger partial charge in [-0.1, -0.05) is 18.2 Å². The predicted molar refractivity (Wildman–Crippen MR) is 64.0 cm³/mol. The third-order valence-corrected chi connectivity index (χ3v) is 2.46. The molecule has 0 spiro atoms. The molecule has 3 heteroatoms. The van der Waals surface area contributed by atoms with Gasteiger partial charge in [-0.15, -0.1) is 0 Å². The van der Waals surface area contributed by atoms with Crippen LogP contribution in [0.15, 0.2) is 18.2 Å². The average Bonchev–Trinajstić information content (AvgIpc) is 2.15. The number of hydrogen-bond acceptors (Lipinski definition) is 3. The molecule has 0 aromatic heterocycles. The highest BCUT2D eigenvalue weighted by Crippen LogP contribution is 2.23. The molecule has 1 unspecified atom stereocenters. The highest BCUT2D eigenvalue weighted by molar-refractivity contribution is 5.58. The minimum atomic E-state index is -0.333. The number of aliphatic hydroxyl groups is 1. The molecule has 0 aliphatic rings. The first-order chi connectivity index (χ1) is 7.06. The SMILES string of the molecule is Cc1cccc(CN)c1N(C)CC(C)O. The Morgan fingerprint density at radius 2 is 2.13 bits per heavy atom. The highest BCUT2D eigenvalue weighted by Gasteiger charge is 2.10. The van der Waals surface area contributed by atoms with Crippen LogP contribution in [0.25, 0.3) is 0 Å². The van der Waals surface area contributed by atoms with Crippen molar-refractivity contribution in [2.24, 2.45) is 5.73 Å². The topological polar surface area (TPSA) is 49.5 Å². The van der Waals surface area contributed by atoms with Gasteiger partial charge in [0.15, 0.2) is 0 Å². The van der Waals surface area contributed by atoms with E-state index in [1.54, 1.807) is 6.92 Å². The summed E-state index contributed by atoms with van der Waals surface area (Å²) in [4.78, 5) is 2.06. The fourth-order valence-corrected chi connectivity index (χ4v) is 1.92. The summed E-state index contributed by atoms with van der Waals surface area (Å²) in [6.07, 6.45) is -0.333. The van der Waals surface area contributed by atoms with E-state index in [1.807, 2.05) is 19.2 Å². The van der Waals surface area contributed by atoms with Crippen LogP contribution in [0.1, 0.15) is 18.1 Å². The van der Waals surface area contributed by atoms with Gasteiger partial charge in [-0.25, -0.2) is 0 Å². The largest absolute Gasteiger partial charge is 0.392 e. The summed E-state index contributed by atoms with van der Waals surface area (Å²) in [6, 6.07) is 6.10. The number of hydrogen-bond donors (Lipinski definition) is 2. The van der Waals surface area contributed by atoms with E-state index in [2.05, 4.69) is 17.9 Å². The van der Waals surface area contributed by atoms with Crippen molar-refractivity contribution < 1.29 is 5.11 Å². The molecule has 0 bridgehead atoms. The fraction of sp³-hybridized carbons (Fsp3) is 0.500. The second-order valence-corrected chi connectivity index (χ2v) is 4.02. The van der Waals surface area contributed by atoms with Crippen molar-refractivity contribution in [3.05, 3.63) is 29.3 Å². The van der Waals surface area contributed by atoms with E-state index in [-0.39, 0.29) is 6.10 Å². The first kappa shape index (κ1) is 12.0. The number of aryl methyl sites for hydroxylation is 1. The molecule has 0 saturated carbocycles. The lowest BCUT2D eigenvalue weighted by atomic mass is 10.1. The van der Waals surface area contributed by atoms with Gasteiger partial charge in [-0.05, 0) is 25.0 Å². The Morgan fingerprint density at radius 1 is 1.47 bits per heavy atom. The van der Waals surface area contributed by atoms with Gasteiger partial charge in [0.05, 0.1) is 6.10 Å². The lowest BCUT2D eigenvalue weighted by molar-refractivity contribution is 0.201. The predicted octanol–water partition coefficient (Wildman–Crippen LogP) is 1.27. The maximum absolute atomic E-state index is 9.37. The molecule has 1 rings (SSSR count). The molecule has 3 N–H and O–H groups in total. The molecule has 0 saturated heterocycles. The maximum atomic E-state index is 9.37. The zero-order valence-corrected chi connectivity index (χ0v) is 9.70. The summed E-state index contributed by atoms with van der Waals surface area (Å²) in [6.45, 7) is 5.00. The number of aliphatic hydroxyl groups excluding tert-OH is 1. The summed E-state index contributed by atoms with van der Waals surface area (Å²) in [5.41, 5.74) is 9.16. The third-order valence-electron chi connectivity index (χ3n) is 2.46. The van der Waals surface area contributed by atoms with Gasteiger partial charge < -0.3 is 15.7 Å². The summed E-state index contributed by atoms with van der Waals surface area (Å²) < 4.78 is 0. The van der Waals surface area contributed by atoms with Crippen molar-refractivity contribution in [2.75, 3.05) is 18.5 Å². The van der Waals surface area contributed by atoms with Crippen molar-refractivity contribution in [2.45, 2.75) is 26.5 Å². The van der Waals surface area contributed by atoms with Crippen molar-refractivity contribution in [1.82, 2.24) is 0 Å². The van der Waals surface area contributed by atoms with Gasteiger partial charge in [-0.3, -0.25) is 0 Å². The fourth-order valence-electron chi connectivity index (χ4n) is 1.92. The lowest BCUT2D eigenvalue weighted by Crippen LogP contribution is -2.28. The number of benzene rings is 1. The Kier molecular flexibility index (Phi) is 4.12. The number of anilines is 1. The number of para-hydroxylation sites is 1. The van der Waals surface area contributed by atoms with E-state index in [1.165, 1.54) is 5.56 Å². The summed E-state index contributed by atoms with van der Waals surface area (Å²) >= 11 is 0. The third kappa shape index (κ3) is 2.94. The standard InChI is InChI=1S/C12H20N2O/c1-9-5-4-6-11(7-13)12(9)14(3)8-10(2)15/h4-6,10,15H,7-8,13H2,1-3H3. The van der Waals surface area contributed by atoms with Crippen molar-refractivity contribution in [3.63, 3.8) is 0 Å². The summed E-state index contributed by atoms with van der Waals surface area (Å²) in [5, 5.41) is 9.37. The Morgan fingerprint density at radius 3 is 2.67 bits per heavy atom. The quantitative estimate of drug-likeness (QED) is 0.783. The summed E-state index contributed by atoms with van der Waals surface area (Å²) in [5.74, 6) is 0.